The lowest BCUT2D eigenvalue weighted by Gasteiger charge is -2.25. The maximum absolute atomic E-state index is 13.6. The molecule has 0 fully saturated rings. The van der Waals surface area contributed by atoms with Crippen LogP contribution in [0, 0.1) is 27.7 Å². The molecule has 0 spiro atoms. The van der Waals surface area contributed by atoms with Crippen molar-refractivity contribution in [2.24, 2.45) is 0 Å². The van der Waals surface area contributed by atoms with Crippen LogP contribution in [0.4, 0.5) is 5.13 Å². The maximum Gasteiger partial charge on any atom is 0.260 e. The minimum absolute atomic E-state index is 0.0341. The van der Waals surface area contributed by atoms with Gasteiger partial charge in [-0.25, -0.2) is 4.98 Å². The SMILES string of the molecule is CCN(CC)CCN(C(=O)c1cc(C)ccc1C)c1nc2cc(C)cc(C)c2s1. The summed E-state index contributed by atoms with van der Waals surface area (Å²) in [5, 5.41) is 0.784. The summed E-state index contributed by atoms with van der Waals surface area (Å²) in [5.74, 6) is 0.0341. The average Bonchev–Trinajstić information content (AvgIpc) is 3.10. The number of aromatic nitrogens is 1. The smallest absolute Gasteiger partial charge is 0.260 e. The zero-order chi connectivity index (χ0) is 21.1. The van der Waals surface area contributed by atoms with Gasteiger partial charge in [0, 0.05) is 18.7 Å². The Hall–Kier alpha value is -2.24. The number of amides is 1. The third-order valence-corrected chi connectivity index (χ3v) is 6.67. The van der Waals surface area contributed by atoms with Crippen molar-refractivity contribution in [2.45, 2.75) is 41.5 Å². The second-order valence-corrected chi connectivity index (χ2v) is 8.71. The standard InChI is InChI=1S/C24H31N3OS/c1-7-26(8-2)11-12-27(23(28)20-14-16(3)9-10-18(20)5)24-25-21-15-17(4)13-19(6)22(21)29-24/h9-10,13-15H,7-8,11-12H2,1-6H3. The highest BCUT2D eigenvalue weighted by Gasteiger charge is 2.23. The molecule has 0 atom stereocenters. The number of thiazole rings is 1. The van der Waals surface area contributed by atoms with Gasteiger partial charge in [0.05, 0.1) is 10.2 Å². The number of carbonyl (C=O) groups is 1. The Morgan fingerprint density at radius 3 is 2.34 bits per heavy atom. The van der Waals surface area contributed by atoms with Crippen molar-refractivity contribution in [3.05, 3.63) is 58.1 Å². The zero-order valence-electron chi connectivity index (χ0n) is 18.4. The van der Waals surface area contributed by atoms with Gasteiger partial charge in [-0.05, 0) is 69.6 Å². The molecule has 2 aromatic carbocycles. The van der Waals surface area contributed by atoms with Gasteiger partial charge in [-0.2, -0.15) is 0 Å². The van der Waals surface area contributed by atoms with Gasteiger partial charge >= 0.3 is 0 Å². The predicted molar refractivity (Wildman–Crippen MR) is 124 cm³/mol. The number of anilines is 1. The van der Waals surface area contributed by atoms with E-state index in [4.69, 9.17) is 4.98 Å². The molecule has 1 heterocycles. The first kappa shape index (κ1) is 21.5. The van der Waals surface area contributed by atoms with Crippen LogP contribution in [0.1, 0.15) is 46.5 Å². The molecule has 0 saturated carbocycles. The van der Waals surface area contributed by atoms with E-state index in [0.717, 1.165) is 51.7 Å². The number of benzene rings is 2. The van der Waals surface area contributed by atoms with E-state index in [1.54, 1.807) is 11.3 Å². The highest BCUT2D eigenvalue weighted by Crippen LogP contribution is 2.33. The van der Waals surface area contributed by atoms with E-state index in [1.165, 1.54) is 11.1 Å². The zero-order valence-corrected chi connectivity index (χ0v) is 19.2. The molecule has 5 heteroatoms. The summed E-state index contributed by atoms with van der Waals surface area (Å²) in [6.07, 6.45) is 0. The van der Waals surface area contributed by atoms with E-state index < -0.39 is 0 Å². The van der Waals surface area contributed by atoms with Crippen LogP contribution in [-0.4, -0.2) is 42.0 Å². The number of hydrogen-bond donors (Lipinski definition) is 0. The van der Waals surface area contributed by atoms with Crippen LogP contribution in [0.3, 0.4) is 0 Å². The fraction of sp³-hybridized carbons (Fsp3) is 0.417. The largest absolute Gasteiger partial charge is 0.302 e. The Bertz CT molecular complexity index is 1020. The predicted octanol–water partition coefficient (Wildman–Crippen LogP) is 5.52. The van der Waals surface area contributed by atoms with Gasteiger partial charge in [0.1, 0.15) is 0 Å². The summed E-state index contributed by atoms with van der Waals surface area (Å²) in [6, 6.07) is 10.3. The van der Waals surface area contributed by atoms with E-state index in [2.05, 4.69) is 50.8 Å². The summed E-state index contributed by atoms with van der Waals surface area (Å²) < 4.78 is 1.16. The summed E-state index contributed by atoms with van der Waals surface area (Å²) in [6.45, 7) is 16.0. The lowest BCUT2D eigenvalue weighted by molar-refractivity contribution is 0.0983. The second-order valence-electron chi connectivity index (χ2n) is 7.73. The lowest BCUT2D eigenvalue weighted by Crippen LogP contribution is -2.39. The summed E-state index contributed by atoms with van der Waals surface area (Å²) in [5.41, 5.74) is 6.25. The van der Waals surface area contributed by atoms with Crippen molar-refractivity contribution in [1.29, 1.82) is 0 Å². The van der Waals surface area contributed by atoms with Crippen molar-refractivity contribution >= 4 is 32.6 Å². The van der Waals surface area contributed by atoms with Gasteiger partial charge in [0.25, 0.3) is 5.91 Å². The highest BCUT2D eigenvalue weighted by atomic mass is 32.1. The van der Waals surface area contributed by atoms with E-state index in [9.17, 15) is 4.79 Å². The quantitative estimate of drug-likeness (QED) is 0.516. The molecular formula is C24H31N3OS. The molecule has 0 aliphatic carbocycles. The molecule has 29 heavy (non-hydrogen) atoms. The van der Waals surface area contributed by atoms with Crippen LogP contribution in [-0.2, 0) is 0 Å². The summed E-state index contributed by atoms with van der Waals surface area (Å²) >= 11 is 1.62. The van der Waals surface area contributed by atoms with Gasteiger partial charge in [0.2, 0.25) is 0 Å². The van der Waals surface area contributed by atoms with Gasteiger partial charge in [-0.15, -0.1) is 0 Å². The Morgan fingerprint density at radius 2 is 1.66 bits per heavy atom. The van der Waals surface area contributed by atoms with Crippen LogP contribution in [0.15, 0.2) is 30.3 Å². The minimum atomic E-state index is 0.0341. The molecule has 0 aliphatic heterocycles. The number of hydrogen-bond acceptors (Lipinski definition) is 4. The third-order valence-electron chi connectivity index (χ3n) is 5.44. The maximum atomic E-state index is 13.6. The molecule has 154 valence electrons. The molecule has 1 aromatic heterocycles. The lowest BCUT2D eigenvalue weighted by atomic mass is 10.0. The Kier molecular flexibility index (Phi) is 6.70. The molecule has 0 unspecified atom stereocenters. The molecule has 0 saturated heterocycles. The van der Waals surface area contributed by atoms with Gasteiger partial charge in [-0.3, -0.25) is 9.69 Å². The van der Waals surface area contributed by atoms with Crippen molar-refractivity contribution in [3.63, 3.8) is 0 Å². The molecule has 4 nitrogen and oxygen atoms in total. The molecular weight excluding hydrogens is 378 g/mol. The van der Waals surface area contributed by atoms with Crippen molar-refractivity contribution < 1.29 is 4.79 Å². The van der Waals surface area contributed by atoms with E-state index in [-0.39, 0.29) is 5.91 Å². The molecule has 3 aromatic rings. The third kappa shape index (κ3) is 4.68. The van der Waals surface area contributed by atoms with Crippen LogP contribution in [0.2, 0.25) is 0 Å². The Labute approximate surface area is 178 Å². The van der Waals surface area contributed by atoms with Crippen molar-refractivity contribution in [2.75, 3.05) is 31.1 Å². The average molecular weight is 410 g/mol. The number of likely N-dealkylation sites (N-methyl/N-ethyl adjacent to an activating group) is 1. The van der Waals surface area contributed by atoms with Gasteiger partial charge in [0.15, 0.2) is 5.13 Å². The topological polar surface area (TPSA) is 36.4 Å². The van der Waals surface area contributed by atoms with Gasteiger partial charge < -0.3 is 4.90 Å². The summed E-state index contributed by atoms with van der Waals surface area (Å²) in [7, 11) is 0. The first-order chi connectivity index (χ1) is 13.8. The van der Waals surface area contributed by atoms with E-state index in [0.29, 0.717) is 6.54 Å². The molecule has 0 aliphatic rings. The molecule has 1 amide bonds. The summed E-state index contributed by atoms with van der Waals surface area (Å²) in [4.78, 5) is 22.7. The number of rotatable bonds is 7. The Balaban J connectivity index is 2.04. The Morgan fingerprint density at radius 1 is 0.931 bits per heavy atom. The van der Waals surface area contributed by atoms with E-state index >= 15 is 0 Å². The fourth-order valence-corrected chi connectivity index (χ4v) is 4.70. The van der Waals surface area contributed by atoms with Crippen LogP contribution in [0.25, 0.3) is 10.2 Å². The van der Waals surface area contributed by atoms with Crippen LogP contribution in [0.5, 0.6) is 0 Å². The normalized spacial score (nSPS) is 11.4. The molecule has 0 radical (unpaired) electrons. The minimum Gasteiger partial charge on any atom is -0.302 e. The van der Waals surface area contributed by atoms with Crippen LogP contribution >= 0.6 is 11.3 Å². The molecule has 0 N–H and O–H groups in total. The molecule has 0 bridgehead atoms. The van der Waals surface area contributed by atoms with Crippen LogP contribution < -0.4 is 4.90 Å². The first-order valence-electron chi connectivity index (χ1n) is 10.3. The number of fused-ring (bicyclic) bond motifs is 1. The monoisotopic (exact) mass is 409 g/mol. The van der Waals surface area contributed by atoms with Gasteiger partial charge in [-0.1, -0.05) is 48.9 Å². The highest BCUT2D eigenvalue weighted by molar-refractivity contribution is 7.22. The van der Waals surface area contributed by atoms with Crippen molar-refractivity contribution in [1.82, 2.24) is 9.88 Å². The number of carbonyl (C=O) groups excluding carboxylic acids is 1. The first-order valence-corrected chi connectivity index (χ1v) is 11.1. The second kappa shape index (κ2) is 9.06. The number of nitrogens with zero attached hydrogens (tertiary/aromatic N) is 3. The van der Waals surface area contributed by atoms with Crippen molar-refractivity contribution in [3.8, 4) is 0 Å². The number of aryl methyl sites for hydroxylation is 4. The fourth-order valence-electron chi connectivity index (χ4n) is 3.66. The molecule has 3 rings (SSSR count). The van der Waals surface area contributed by atoms with E-state index in [1.807, 2.05) is 30.9 Å².